The van der Waals surface area contributed by atoms with Crippen LogP contribution in [0.15, 0.2) is 70.4 Å². The first-order chi connectivity index (χ1) is 14.5. The van der Waals surface area contributed by atoms with E-state index in [1.54, 1.807) is 0 Å². The maximum absolute atomic E-state index is 13.6. The zero-order valence-corrected chi connectivity index (χ0v) is 16.0. The Morgan fingerprint density at radius 3 is 2.50 bits per heavy atom. The second kappa shape index (κ2) is 8.74. The quantitative estimate of drug-likeness (QED) is 0.648. The number of rotatable bonds is 6. The molecule has 0 amide bonds. The molecule has 0 bridgehead atoms. The number of halogens is 1. The molecule has 4 rings (SSSR count). The number of aliphatic hydroxyl groups is 1. The lowest BCUT2D eigenvalue weighted by Crippen LogP contribution is -2.34. The molecule has 3 aromatic rings. The van der Waals surface area contributed by atoms with Gasteiger partial charge < -0.3 is 14.6 Å². The Bertz CT molecular complexity index is 1110. The third-order valence-electron chi connectivity index (χ3n) is 5.12. The van der Waals surface area contributed by atoms with Crippen LogP contribution in [0.3, 0.4) is 0 Å². The monoisotopic (exact) mass is 412 g/mol. The van der Waals surface area contributed by atoms with Gasteiger partial charge in [-0.15, -0.1) is 0 Å². The normalized spacial score (nSPS) is 21.1. The van der Waals surface area contributed by atoms with Gasteiger partial charge in [0.15, 0.2) is 0 Å². The van der Waals surface area contributed by atoms with Gasteiger partial charge in [-0.1, -0.05) is 54.6 Å². The first kappa shape index (κ1) is 20.2. The van der Waals surface area contributed by atoms with Gasteiger partial charge in [-0.05, 0) is 16.7 Å². The third kappa shape index (κ3) is 4.25. The molecule has 0 radical (unpaired) electrons. The van der Waals surface area contributed by atoms with Crippen LogP contribution >= 0.6 is 0 Å². The SMILES string of the molecule is O=c1[nH]c(=O)n([C@@H]2CC(OCc3ccc(-c4ccccc4)cc3)[C@H](CO)O2)cc1F. The fraction of sp³-hybridized carbons (Fsp3) is 0.273. The molecule has 3 atom stereocenters. The average molecular weight is 412 g/mol. The summed E-state index contributed by atoms with van der Waals surface area (Å²) in [6.07, 6.45) is -0.952. The standard InChI is InChI=1S/C22H21FN2O5/c23-17-11-25(22(28)24-21(17)27)20-10-18(19(12-26)30-20)29-13-14-6-8-16(9-7-14)15-4-2-1-3-5-15/h1-9,11,18-20,26H,10,12-13H2,(H,24,27,28)/t18?,19-,20-/m0/s1. The molecule has 0 aliphatic carbocycles. The third-order valence-corrected chi connectivity index (χ3v) is 5.12. The highest BCUT2D eigenvalue weighted by atomic mass is 19.1. The summed E-state index contributed by atoms with van der Waals surface area (Å²) >= 11 is 0. The number of nitrogens with zero attached hydrogens (tertiary/aromatic N) is 1. The maximum atomic E-state index is 13.6. The summed E-state index contributed by atoms with van der Waals surface area (Å²) in [5, 5.41) is 9.60. The minimum atomic E-state index is -1.08. The lowest BCUT2D eigenvalue weighted by molar-refractivity contribution is -0.0659. The molecular weight excluding hydrogens is 391 g/mol. The highest BCUT2D eigenvalue weighted by Gasteiger charge is 2.37. The summed E-state index contributed by atoms with van der Waals surface area (Å²) in [7, 11) is 0. The predicted octanol–water partition coefficient (Wildman–Crippen LogP) is 2.21. The molecule has 2 heterocycles. The minimum Gasteiger partial charge on any atom is -0.394 e. The summed E-state index contributed by atoms with van der Waals surface area (Å²) in [5.41, 5.74) is 1.30. The van der Waals surface area contributed by atoms with E-state index in [9.17, 15) is 19.1 Å². The zero-order valence-electron chi connectivity index (χ0n) is 16.0. The van der Waals surface area contributed by atoms with Gasteiger partial charge >= 0.3 is 5.69 Å². The molecule has 1 saturated heterocycles. The first-order valence-electron chi connectivity index (χ1n) is 9.58. The van der Waals surface area contributed by atoms with Crippen molar-refractivity contribution in [2.24, 2.45) is 0 Å². The highest BCUT2D eigenvalue weighted by molar-refractivity contribution is 5.63. The topological polar surface area (TPSA) is 93.6 Å². The van der Waals surface area contributed by atoms with Gasteiger partial charge in [-0.2, -0.15) is 4.39 Å². The van der Waals surface area contributed by atoms with Crippen molar-refractivity contribution in [1.29, 1.82) is 0 Å². The van der Waals surface area contributed by atoms with Gasteiger partial charge in [0.2, 0.25) is 5.82 Å². The van der Waals surface area contributed by atoms with Gasteiger partial charge in [-0.3, -0.25) is 14.3 Å². The fourth-order valence-corrected chi connectivity index (χ4v) is 3.51. The summed E-state index contributed by atoms with van der Waals surface area (Å²) < 4.78 is 26.1. The summed E-state index contributed by atoms with van der Waals surface area (Å²) in [5.74, 6) is -1.08. The Morgan fingerprint density at radius 1 is 1.10 bits per heavy atom. The van der Waals surface area contributed by atoms with Crippen molar-refractivity contribution in [3.63, 3.8) is 0 Å². The minimum absolute atomic E-state index is 0.235. The zero-order chi connectivity index (χ0) is 21.1. The molecule has 0 saturated carbocycles. The van der Waals surface area contributed by atoms with Gasteiger partial charge in [0.1, 0.15) is 12.3 Å². The molecule has 1 aliphatic rings. The molecule has 2 aromatic carbocycles. The van der Waals surface area contributed by atoms with E-state index in [4.69, 9.17) is 9.47 Å². The smallest absolute Gasteiger partial charge is 0.330 e. The van der Waals surface area contributed by atoms with Crippen LogP contribution in [-0.2, 0) is 16.1 Å². The van der Waals surface area contributed by atoms with Crippen molar-refractivity contribution >= 4 is 0 Å². The largest absolute Gasteiger partial charge is 0.394 e. The van der Waals surface area contributed by atoms with Crippen molar-refractivity contribution < 1.29 is 19.0 Å². The number of aromatic amines is 1. The van der Waals surface area contributed by atoms with Crippen LogP contribution in [0.4, 0.5) is 4.39 Å². The lowest BCUT2D eigenvalue weighted by atomic mass is 10.0. The Morgan fingerprint density at radius 2 is 1.80 bits per heavy atom. The van der Waals surface area contributed by atoms with E-state index in [0.717, 1.165) is 27.5 Å². The van der Waals surface area contributed by atoms with Crippen LogP contribution < -0.4 is 11.2 Å². The predicted molar refractivity (Wildman–Crippen MR) is 107 cm³/mol. The molecule has 1 aromatic heterocycles. The first-order valence-corrected chi connectivity index (χ1v) is 9.58. The molecule has 0 spiro atoms. The van der Waals surface area contributed by atoms with Crippen molar-refractivity contribution in [3.8, 4) is 11.1 Å². The number of benzene rings is 2. The van der Waals surface area contributed by atoms with Crippen LogP contribution in [0.2, 0.25) is 0 Å². The number of H-pyrrole nitrogens is 1. The van der Waals surface area contributed by atoms with Crippen molar-refractivity contribution in [3.05, 3.63) is 93.0 Å². The number of nitrogens with one attached hydrogen (secondary N) is 1. The molecule has 30 heavy (non-hydrogen) atoms. The lowest BCUT2D eigenvalue weighted by Gasteiger charge is -2.16. The Balaban J connectivity index is 1.43. The molecule has 1 fully saturated rings. The van der Waals surface area contributed by atoms with Gasteiger partial charge in [0.25, 0.3) is 5.56 Å². The van der Waals surface area contributed by atoms with Crippen LogP contribution in [0.5, 0.6) is 0 Å². The maximum Gasteiger partial charge on any atom is 0.330 e. The highest BCUT2D eigenvalue weighted by Crippen LogP contribution is 2.30. The second-order valence-corrected chi connectivity index (χ2v) is 7.10. The second-order valence-electron chi connectivity index (χ2n) is 7.10. The van der Waals surface area contributed by atoms with Crippen LogP contribution in [0.1, 0.15) is 18.2 Å². The van der Waals surface area contributed by atoms with Crippen LogP contribution in [-0.4, -0.2) is 33.5 Å². The van der Waals surface area contributed by atoms with E-state index in [0.29, 0.717) is 6.61 Å². The number of hydrogen-bond donors (Lipinski definition) is 2. The van der Waals surface area contributed by atoms with E-state index < -0.39 is 35.5 Å². The van der Waals surface area contributed by atoms with E-state index in [2.05, 4.69) is 0 Å². The molecule has 8 heteroatoms. The number of aliphatic hydroxyl groups excluding tert-OH is 1. The number of ether oxygens (including phenoxy) is 2. The van der Waals surface area contributed by atoms with Crippen molar-refractivity contribution in [2.45, 2.75) is 31.5 Å². The summed E-state index contributed by atoms with van der Waals surface area (Å²) in [6.45, 7) is -0.0180. The fourth-order valence-electron chi connectivity index (χ4n) is 3.51. The number of aromatic nitrogens is 2. The molecule has 7 nitrogen and oxygen atoms in total. The van der Waals surface area contributed by atoms with Crippen molar-refractivity contribution in [2.75, 3.05) is 6.61 Å². The van der Waals surface area contributed by atoms with Crippen LogP contribution in [0.25, 0.3) is 11.1 Å². The van der Waals surface area contributed by atoms with E-state index in [-0.39, 0.29) is 13.0 Å². The Kier molecular flexibility index (Phi) is 5.89. The molecule has 2 N–H and O–H groups in total. The van der Waals surface area contributed by atoms with Gasteiger partial charge in [0, 0.05) is 6.42 Å². The van der Waals surface area contributed by atoms with Gasteiger partial charge in [-0.25, -0.2) is 4.79 Å². The number of hydrogen-bond acceptors (Lipinski definition) is 5. The van der Waals surface area contributed by atoms with E-state index in [1.165, 1.54) is 0 Å². The Labute approximate surface area is 171 Å². The molecular formula is C22H21FN2O5. The average Bonchev–Trinajstić information content (AvgIpc) is 3.19. The van der Waals surface area contributed by atoms with E-state index in [1.807, 2.05) is 59.6 Å². The summed E-state index contributed by atoms with van der Waals surface area (Å²) in [6, 6.07) is 18.0. The van der Waals surface area contributed by atoms with Crippen LogP contribution in [0, 0.1) is 5.82 Å². The molecule has 1 unspecified atom stereocenters. The Hall–Kier alpha value is -3.07. The van der Waals surface area contributed by atoms with Gasteiger partial charge in [0.05, 0.1) is 25.5 Å². The summed E-state index contributed by atoms with van der Waals surface area (Å²) in [4.78, 5) is 25.1. The molecule has 156 valence electrons. The molecule has 1 aliphatic heterocycles. The van der Waals surface area contributed by atoms with Crippen molar-refractivity contribution in [1.82, 2.24) is 9.55 Å². The van der Waals surface area contributed by atoms with E-state index >= 15 is 0 Å².